The van der Waals surface area contributed by atoms with Crippen molar-refractivity contribution in [3.63, 3.8) is 0 Å². The molecular weight excluding hydrogens is 400 g/mol. The second-order valence-corrected chi connectivity index (χ2v) is 6.50. The minimum Gasteiger partial charge on any atom is -0.455 e. The summed E-state index contributed by atoms with van der Waals surface area (Å²) in [6, 6.07) is 0. The second kappa shape index (κ2) is 17.7. The molecule has 0 N–H and O–H groups in total. The van der Waals surface area contributed by atoms with Crippen molar-refractivity contribution in [2.75, 3.05) is 54.4 Å². The molecule has 0 atom stereocenters. The van der Waals surface area contributed by atoms with E-state index in [2.05, 4.69) is 43.9 Å². The molecule has 0 unspecified atom stereocenters. The zero-order chi connectivity index (χ0) is 20.5. The SMILES string of the molecule is CN1C=C[C-]=CC1.CN1C=C[C-]=CC1.CN1C=C[C-]=CC1.CN1C=C[C-]=CC1.[Fe+4]. The molecule has 0 saturated carbocycles. The van der Waals surface area contributed by atoms with Gasteiger partial charge in [-0.05, 0) is 28.2 Å². The molecule has 0 radical (unpaired) electrons. The summed E-state index contributed by atoms with van der Waals surface area (Å²) in [4.78, 5) is 8.38. The van der Waals surface area contributed by atoms with Crippen molar-refractivity contribution >= 4 is 0 Å². The van der Waals surface area contributed by atoms with Gasteiger partial charge in [-0.2, -0.15) is 24.3 Å². The van der Waals surface area contributed by atoms with E-state index in [1.807, 2.05) is 102 Å². The first-order valence-corrected chi connectivity index (χ1v) is 9.36. The molecule has 4 aliphatic rings. The van der Waals surface area contributed by atoms with Gasteiger partial charge in [-0.15, -0.1) is 24.8 Å². The van der Waals surface area contributed by atoms with Gasteiger partial charge >= 0.3 is 17.1 Å². The van der Waals surface area contributed by atoms with Gasteiger partial charge in [0.15, 0.2) is 0 Å². The van der Waals surface area contributed by atoms with E-state index in [1.165, 1.54) is 0 Å². The Bertz CT molecular complexity index is 529. The predicted octanol–water partition coefficient (Wildman–Crippen LogP) is 3.22. The standard InChI is InChI=1S/4C6H8N.Fe/c4*1-7-5-3-2-4-6-7;/h4*3-5H,6H2,1H3;/q4*-1;+4. The third-order valence-corrected chi connectivity index (χ3v) is 3.69. The number of rotatable bonds is 0. The molecule has 29 heavy (non-hydrogen) atoms. The van der Waals surface area contributed by atoms with Crippen LogP contribution in [0.15, 0.2) is 73.4 Å². The fraction of sp³-hybridized carbons (Fsp3) is 0.333. The normalized spacial score (nSPS) is 17.5. The van der Waals surface area contributed by atoms with Gasteiger partial charge < -0.3 is 19.6 Å². The van der Waals surface area contributed by atoms with Crippen LogP contribution in [0.25, 0.3) is 0 Å². The van der Waals surface area contributed by atoms with Gasteiger partial charge in [-0.25, -0.2) is 24.3 Å². The first-order valence-electron chi connectivity index (χ1n) is 9.36. The number of nitrogens with zero attached hydrogens (tertiary/aromatic N) is 4. The second-order valence-electron chi connectivity index (χ2n) is 6.50. The van der Waals surface area contributed by atoms with Gasteiger partial charge in [0.25, 0.3) is 0 Å². The summed E-state index contributed by atoms with van der Waals surface area (Å²) >= 11 is 0. The quantitative estimate of drug-likeness (QED) is 0.431. The molecule has 0 amide bonds. The van der Waals surface area contributed by atoms with Crippen LogP contribution >= 0.6 is 0 Å². The van der Waals surface area contributed by atoms with Crippen LogP contribution in [-0.4, -0.2) is 74.0 Å². The van der Waals surface area contributed by atoms with Crippen LogP contribution in [-0.2, 0) is 17.1 Å². The Balaban J connectivity index is 0.000000356. The Labute approximate surface area is 188 Å². The molecule has 4 rings (SSSR count). The van der Waals surface area contributed by atoms with Crippen LogP contribution in [0.2, 0.25) is 0 Å². The fourth-order valence-electron chi connectivity index (χ4n) is 1.98. The average Bonchev–Trinajstić information content (AvgIpc) is 2.72. The van der Waals surface area contributed by atoms with Crippen molar-refractivity contribution in [1.82, 2.24) is 19.6 Å². The topological polar surface area (TPSA) is 13.0 Å². The third-order valence-electron chi connectivity index (χ3n) is 3.69. The Hall–Kier alpha value is -2.36. The van der Waals surface area contributed by atoms with E-state index in [0.717, 1.165) is 26.2 Å². The molecule has 5 heteroatoms. The minimum atomic E-state index is 0. The fourth-order valence-corrected chi connectivity index (χ4v) is 1.98. The van der Waals surface area contributed by atoms with Crippen LogP contribution in [0.1, 0.15) is 0 Å². The largest absolute Gasteiger partial charge is 4.00 e. The number of hydrogen-bond acceptors (Lipinski definition) is 4. The molecular formula is C24H32FeN4. The van der Waals surface area contributed by atoms with Crippen molar-refractivity contribution in [3.05, 3.63) is 97.7 Å². The molecule has 4 heterocycles. The molecule has 4 nitrogen and oxygen atoms in total. The summed E-state index contributed by atoms with van der Waals surface area (Å²) in [6.45, 7) is 3.99. The monoisotopic (exact) mass is 432 g/mol. The zero-order valence-electron chi connectivity index (χ0n) is 17.9. The number of hydrogen-bond donors (Lipinski definition) is 0. The molecule has 0 spiro atoms. The van der Waals surface area contributed by atoms with E-state index in [9.17, 15) is 0 Å². The maximum atomic E-state index is 2.97. The van der Waals surface area contributed by atoms with Crippen molar-refractivity contribution < 1.29 is 17.1 Å². The Morgan fingerprint density at radius 1 is 0.448 bits per heavy atom. The van der Waals surface area contributed by atoms with Gasteiger partial charge in [0, 0.05) is 26.2 Å². The summed E-state index contributed by atoms with van der Waals surface area (Å²) < 4.78 is 0. The maximum absolute atomic E-state index is 2.97. The van der Waals surface area contributed by atoms with Gasteiger partial charge in [-0.3, -0.25) is 24.3 Å². The summed E-state index contributed by atoms with van der Waals surface area (Å²) in [5.41, 5.74) is 0. The van der Waals surface area contributed by atoms with Crippen molar-refractivity contribution in [3.8, 4) is 0 Å². The molecule has 0 bridgehead atoms. The van der Waals surface area contributed by atoms with E-state index >= 15 is 0 Å². The molecule has 0 aromatic rings. The average molecular weight is 432 g/mol. The molecule has 0 fully saturated rings. The molecule has 0 aliphatic carbocycles. The van der Waals surface area contributed by atoms with E-state index < -0.39 is 0 Å². The molecule has 0 aromatic carbocycles. The van der Waals surface area contributed by atoms with Crippen LogP contribution < -0.4 is 0 Å². The summed E-state index contributed by atoms with van der Waals surface area (Å²) in [6.07, 6.45) is 35.5. The molecule has 156 valence electrons. The van der Waals surface area contributed by atoms with Gasteiger partial charge in [0.05, 0.1) is 0 Å². The van der Waals surface area contributed by atoms with E-state index in [1.54, 1.807) is 0 Å². The zero-order valence-corrected chi connectivity index (χ0v) is 19.0. The predicted molar refractivity (Wildman–Crippen MR) is 118 cm³/mol. The molecule has 0 aromatic heterocycles. The van der Waals surface area contributed by atoms with Crippen molar-refractivity contribution in [2.24, 2.45) is 0 Å². The Morgan fingerprint density at radius 3 is 0.724 bits per heavy atom. The van der Waals surface area contributed by atoms with E-state index in [-0.39, 0.29) is 17.1 Å². The first kappa shape index (κ1) is 26.6. The molecule has 4 aliphatic heterocycles. The minimum absolute atomic E-state index is 0. The summed E-state index contributed by atoms with van der Waals surface area (Å²) in [5, 5.41) is 0. The number of likely N-dealkylation sites (N-methyl/N-ethyl adjacent to an activating group) is 4. The summed E-state index contributed by atoms with van der Waals surface area (Å²) in [5.74, 6) is 0. The van der Waals surface area contributed by atoms with Crippen LogP contribution in [0.5, 0.6) is 0 Å². The van der Waals surface area contributed by atoms with Gasteiger partial charge in [-0.1, -0.05) is 0 Å². The van der Waals surface area contributed by atoms with Crippen LogP contribution in [0.4, 0.5) is 0 Å². The van der Waals surface area contributed by atoms with Crippen molar-refractivity contribution in [2.45, 2.75) is 0 Å². The van der Waals surface area contributed by atoms with Gasteiger partial charge in [0.2, 0.25) is 0 Å². The number of allylic oxidation sites excluding steroid dienone is 8. The Kier molecular flexibility index (Phi) is 16.3. The first-order chi connectivity index (χ1) is 13.6. The van der Waals surface area contributed by atoms with Crippen molar-refractivity contribution in [1.29, 1.82) is 0 Å². The van der Waals surface area contributed by atoms with Crippen LogP contribution in [0, 0.1) is 24.3 Å². The maximum Gasteiger partial charge on any atom is 4.00 e. The smallest absolute Gasteiger partial charge is 0.455 e. The van der Waals surface area contributed by atoms with Crippen LogP contribution in [0.3, 0.4) is 0 Å². The summed E-state index contributed by atoms with van der Waals surface area (Å²) in [7, 11) is 8.14. The molecule has 0 saturated heterocycles. The third kappa shape index (κ3) is 16.3. The Morgan fingerprint density at radius 2 is 0.655 bits per heavy atom. The van der Waals surface area contributed by atoms with E-state index in [0.29, 0.717) is 0 Å². The van der Waals surface area contributed by atoms with E-state index in [4.69, 9.17) is 0 Å². The van der Waals surface area contributed by atoms with Gasteiger partial charge in [0.1, 0.15) is 0 Å².